The first-order valence-electron chi connectivity index (χ1n) is 4.03. The highest BCUT2D eigenvalue weighted by Gasteiger charge is 2.22. The molecule has 1 heterocycles. The summed E-state index contributed by atoms with van der Waals surface area (Å²) in [5, 5.41) is 0.711. The van der Waals surface area contributed by atoms with Crippen LogP contribution in [-0.2, 0) is 4.57 Å². The van der Waals surface area contributed by atoms with Gasteiger partial charge >= 0.3 is 7.60 Å². The number of benzene rings is 1. The van der Waals surface area contributed by atoms with Gasteiger partial charge in [0.1, 0.15) is 5.58 Å². The van der Waals surface area contributed by atoms with Crippen molar-refractivity contribution < 1.29 is 18.8 Å². The van der Waals surface area contributed by atoms with Gasteiger partial charge in [-0.25, -0.2) is 0 Å². The second-order valence-electron chi connectivity index (χ2n) is 3.17. The maximum atomic E-state index is 10.9. The summed E-state index contributed by atoms with van der Waals surface area (Å²) in [4.78, 5) is 17.8. The van der Waals surface area contributed by atoms with Gasteiger partial charge in [-0.3, -0.25) is 4.57 Å². The van der Waals surface area contributed by atoms with Crippen molar-refractivity contribution >= 4 is 24.1 Å². The van der Waals surface area contributed by atoms with E-state index in [1.54, 1.807) is 6.07 Å². The molecule has 0 aliphatic rings. The lowest BCUT2D eigenvalue weighted by molar-refractivity contribution is 0.378. The van der Waals surface area contributed by atoms with Crippen LogP contribution >= 0.6 is 7.60 Å². The molecule has 0 fully saturated rings. The van der Waals surface area contributed by atoms with Crippen LogP contribution in [0.2, 0.25) is 0 Å². The smallest absolute Gasteiger partial charge is 0.391 e. The maximum absolute atomic E-state index is 10.9. The zero-order valence-electron chi connectivity index (χ0n) is 7.47. The molecule has 5 heteroatoms. The van der Waals surface area contributed by atoms with Gasteiger partial charge in [-0.1, -0.05) is 11.6 Å². The fourth-order valence-corrected chi connectivity index (χ4v) is 1.82. The van der Waals surface area contributed by atoms with Crippen molar-refractivity contribution in [3.63, 3.8) is 0 Å². The molecule has 1 aromatic heterocycles. The minimum Gasteiger partial charge on any atom is -0.448 e. The predicted molar refractivity (Wildman–Crippen MR) is 52.6 cm³/mol. The lowest BCUT2D eigenvalue weighted by Crippen LogP contribution is -1.97. The minimum absolute atomic E-state index is 0.280. The average molecular weight is 212 g/mol. The maximum Gasteiger partial charge on any atom is 0.391 e. The molecule has 2 aromatic rings. The zero-order chi connectivity index (χ0) is 10.3. The van der Waals surface area contributed by atoms with Gasteiger partial charge in [0.15, 0.2) is 0 Å². The third-order valence-electron chi connectivity index (χ3n) is 1.95. The number of hydrogen-bond acceptors (Lipinski definition) is 2. The Bertz CT molecular complexity index is 523. The number of furan rings is 1. The largest absolute Gasteiger partial charge is 0.448 e. The molecular formula is C9H9O4P. The second kappa shape index (κ2) is 2.95. The van der Waals surface area contributed by atoms with Crippen LogP contribution in [0.4, 0.5) is 0 Å². The van der Waals surface area contributed by atoms with Gasteiger partial charge in [0.25, 0.3) is 0 Å². The molecule has 0 unspecified atom stereocenters. The Morgan fingerprint density at radius 1 is 1.29 bits per heavy atom. The van der Waals surface area contributed by atoms with Crippen LogP contribution in [0.5, 0.6) is 0 Å². The Morgan fingerprint density at radius 2 is 2.00 bits per heavy atom. The second-order valence-corrected chi connectivity index (χ2v) is 4.70. The monoisotopic (exact) mass is 212 g/mol. The highest BCUT2D eigenvalue weighted by atomic mass is 31.2. The molecule has 0 atom stereocenters. The first-order chi connectivity index (χ1) is 6.47. The summed E-state index contributed by atoms with van der Waals surface area (Å²) in [5.74, 6) is 0. The van der Waals surface area contributed by atoms with Crippen molar-refractivity contribution in [3.05, 3.63) is 29.8 Å². The summed E-state index contributed by atoms with van der Waals surface area (Å²) >= 11 is 0. The molecular weight excluding hydrogens is 203 g/mol. The summed E-state index contributed by atoms with van der Waals surface area (Å²) in [6, 6.07) is 6.72. The SMILES string of the molecule is Cc1ccc2oc(P(=O)(O)O)cc2c1. The quantitative estimate of drug-likeness (QED) is 0.703. The van der Waals surface area contributed by atoms with Crippen LogP contribution in [0.1, 0.15) is 5.56 Å². The Labute approximate surface area is 80.3 Å². The van der Waals surface area contributed by atoms with Crippen molar-refractivity contribution in [2.75, 3.05) is 0 Å². The van der Waals surface area contributed by atoms with E-state index in [1.807, 2.05) is 19.1 Å². The molecule has 0 amide bonds. The normalized spacial score (nSPS) is 12.2. The van der Waals surface area contributed by atoms with E-state index in [0.717, 1.165) is 5.56 Å². The van der Waals surface area contributed by atoms with E-state index >= 15 is 0 Å². The summed E-state index contributed by atoms with van der Waals surface area (Å²) in [5.41, 5.74) is 1.24. The van der Waals surface area contributed by atoms with E-state index in [4.69, 9.17) is 14.2 Å². The molecule has 2 N–H and O–H groups in total. The van der Waals surface area contributed by atoms with Crippen molar-refractivity contribution in [2.24, 2.45) is 0 Å². The summed E-state index contributed by atoms with van der Waals surface area (Å²) < 4.78 is 15.9. The summed E-state index contributed by atoms with van der Waals surface area (Å²) in [7, 11) is -4.27. The summed E-state index contributed by atoms with van der Waals surface area (Å²) in [6.07, 6.45) is 0. The van der Waals surface area contributed by atoms with E-state index in [9.17, 15) is 4.57 Å². The topological polar surface area (TPSA) is 70.7 Å². The van der Waals surface area contributed by atoms with Crippen LogP contribution < -0.4 is 5.50 Å². The van der Waals surface area contributed by atoms with Crippen LogP contribution in [0.15, 0.2) is 28.7 Å². The van der Waals surface area contributed by atoms with Crippen molar-refractivity contribution in [3.8, 4) is 0 Å². The van der Waals surface area contributed by atoms with Crippen molar-refractivity contribution in [2.45, 2.75) is 6.92 Å². The van der Waals surface area contributed by atoms with Gasteiger partial charge in [-0.15, -0.1) is 0 Å². The highest BCUT2D eigenvalue weighted by Crippen LogP contribution is 2.35. The standard InChI is InChI=1S/C9H9O4P/c1-6-2-3-8-7(4-6)5-9(13-8)14(10,11)12/h2-5H,1H3,(H2,10,11,12). The number of rotatable bonds is 1. The number of aryl methyl sites for hydroxylation is 1. The molecule has 0 aliphatic carbocycles. The Hall–Kier alpha value is -1.09. The van der Waals surface area contributed by atoms with Gasteiger partial charge in [-0.2, -0.15) is 0 Å². The predicted octanol–water partition coefficient (Wildman–Crippen LogP) is 1.54. The highest BCUT2D eigenvalue weighted by molar-refractivity contribution is 7.59. The fraction of sp³-hybridized carbons (Fsp3) is 0.111. The zero-order valence-corrected chi connectivity index (χ0v) is 8.36. The number of fused-ring (bicyclic) bond motifs is 1. The lowest BCUT2D eigenvalue weighted by Gasteiger charge is -1.95. The van der Waals surface area contributed by atoms with Crippen LogP contribution in [0.25, 0.3) is 11.0 Å². The van der Waals surface area contributed by atoms with E-state index < -0.39 is 7.60 Å². The molecule has 4 nitrogen and oxygen atoms in total. The Morgan fingerprint density at radius 3 is 2.64 bits per heavy atom. The Kier molecular flexibility index (Phi) is 2.00. The molecule has 14 heavy (non-hydrogen) atoms. The first-order valence-corrected chi connectivity index (χ1v) is 5.64. The third-order valence-corrected chi connectivity index (χ3v) is 2.74. The van der Waals surface area contributed by atoms with Crippen molar-refractivity contribution in [1.29, 1.82) is 0 Å². The third kappa shape index (κ3) is 1.60. The Balaban J connectivity index is 2.69. The van der Waals surface area contributed by atoms with Gasteiger partial charge in [0.2, 0.25) is 5.50 Å². The van der Waals surface area contributed by atoms with Gasteiger partial charge in [-0.05, 0) is 19.1 Å². The fourth-order valence-electron chi connectivity index (χ4n) is 1.29. The first kappa shape index (κ1) is 9.46. The van der Waals surface area contributed by atoms with Gasteiger partial charge < -0.3 is 14.2 Å². The van der Waals surface area contributed by atoms with E-state index in [-0.39, 0.29) is 5.50 Å². The van der Waals surface area contributed by atoms with Crippen molar-refractivity contribution in [1.82, 2.24) is 0 Å². The van der Waals surface area contributed by atoms with Crippen LogP contribution in [0.3, 0.4) is 0 Å². The molecule has 0 aliphatic heterocycles. The minimum atomic E-state index is -4.27. The van der Waals surface area contributed by atoms with Gasteiger partial charge in [0, 0.05) is 11.5 Å². The van der Waals surface area contributed by atoms with Crippen LogP contribution in [0, 0.1) is 6.92 Å². The van der Waals surface area contributed by atoms with Gasteiger partial charge in [0.05, 0.1) is 0 Å². The van der Waals surface area contributed by atoms with E-state index in [2.05, 4.69) is 0 Å². The molecule has 2 rings (SSSR count). The summed E-state index contributed by atoms with van der Waals surface area (Å²) in [6.45, 7) is 1.91. The molecule has 0 saturated heterocycles. The van der Waals surface area contributed by atoms with E-state index in [0.29, 0.717) is 11.0 Å². The molecule has 0 saturated carbocycles. The molecule has 1 aromatic carbocycles. The molecule has 0 spiro atoms. The molecule has 74 valence electrons. The number of hydrogen-bond donors (Lipinski definition) is 2. The molecule has 0 radical (unpaired) electrons. The molecule has 0 bridgehead atoms. The average Bonchev–Trinajstić information content (AvgIpc) is 2.45. The van der Waals surface area contributed by atoms with Crippen LogP contribution in [-0.4, -0.2) is 9.79 Å². The van der Waals surface area contributed by atoms with E-state index in [1.165, 1.54) is 6.07 Å². The lowest BCUT2D eigenvalue weighted by atomic mass is 10.2.